The summed E-state index contributed by atoms with van der Waals surface area (Å²) in [5.41, 5.74) is 2.79. The Balaban J connectivity index is 1.98. The van der Waals surface area contributed by atoms with Crippen LogP contribution in [0.1, 0.15) is 12.5 Å². The summed E-state index contributed by atoms with van der Waals surface area (Å²) in [7, 11) is 0. The van der Waals surface area contributed by atoms with Crippen molar-refractivity contribution in [1.82, 2.24) is 4.98 Å². The van der Waals surface area contributed by atoms with Crippen LogP contribution in [0.3, 0.4) is 0 Å². The van der Waals surface area contributed by atoms with Gasteiger partial charge >= 0.3 is 0 Å². The normalized spacial score (nSPS) is 10.8. The number of nitrogens with zero attached hydrogens (tertiary/aromatic N) is 1. The number of nitrogens with one attached hydrogen (secondary N) is 1. The van der Waals surface area contributed by atoms with Gasteiger partial charge in [-0.25, -0.2) is 4.39 Å². The second-order valence-corrected chi connectivity index (χ2v) is 6.89. The number of ketones is 1. The molecule has 0 aliphatic heterocycles. The van der Waals surface area contributed by atoms with E-state index in [-0.39, 0.29) is 17.2 Å². The number of halogens is 2. The molecule has 0 atom stereocenters. The highest BCUT2D eigenvalue weighted by atomic mass is 35.5. The molecule has 2 aromatic carbocycles. The molecule has 1 heterocycles. The predicted octanol–water partition coefficient (Wildman–Crippen LogP) is 5.48. The maximum absolute atomic E-state index is 13.5. The van der Waals surface area contributed by atoms with E-state index in [0.29, 0.717) is 36.8 Å². The largest absolute Gasteiger partial charge is 0.491 e. The van der Waals surface area contributed by atoms with E-state index < -0.39 is 5.82 Å². The van der Waals surface area contributed by atoms with Crippen LogP contribution in [-0.4, -0.2) is 30.6 Å². The van der Waals surface area contributed by atoms with Crippen molar-refractivity contribution in [2.75, 3.05) is 25.1 Å². The summed E-state index contributed by atoms with van der Waals surface area (Å²) in [6.07, 6.45) is 3.10. The molecule has 0 aliphatic carbocycles. The zero-order chi connectivity index (χ0) is 21.5. The summed E-state index contributed by atoms with van der Waals surface area (Å²) < 4.78 is 24.6. The number of hydrogen-bond acceptors (Lipinski definition) is 5. The predicted molar refractivity (Wildman–Crippen MR) is 117 cm³/mol. The number of ether oxygens (including phenoxy) is 2. The maximum atomic E-state index is 13.5. The van der Waals surface area contributed by atoms with Crippen LogP contribution >= 0.6 is 11.6 Å². The molecule has 0 aliphatic rings. The fourth-order valence-electron chi connectivity index (χ4n) is 2.94. The second kappa shape index (κ2) is 10.2. The summed E-state index contributed by atoms with van der Waals surface area (Å²) in [5.74, 6) is -0.0273. The number of allylic oxidation sites excluding steroid dienone is 1. The fraction of sp³-hybridized carbons (Fsp3) is 0.217. The van der Waals surface area contributed by atoms with Gasteiger partial charge in [-0.2, -0.15) is 0 Å². The van der Waals surface area contributed by atoms with Gasteiger partial charge in [-0.05, 0) is 43.3 Å². The van der Waals surface area contributed by atoms with E-state index in [0.717, 1.165) is 16.6 Å². The first-order valence-corrected chi connectivity index (χ1v) is 9.89. The first-order chi connectivity index (χ1) is 14.5. The van der Waals surface area contributed by atoms with Gasteiger partial charge in [0.15, 0.2) is 5.78 Å². The lowest BCUT2D eigenvalue weighted by atomic mass is 10.0. The summed E-state index contributed by atoms with van der Waals surface area (Å²) in [4.78, 5) is 16.4. The van der Waals surface area contributed by atoms with E-state index in [2.05, 4.69) is 16.9 Å². The Morgan fingerprint density at radius 1 is 1.27 bits per heavy atom. The average molecular weight is 429 g/mol. The third-order valence-corrected chi connectivity index (χ3v) is 4.69. The Kier molecular flexibility index (Phi) is 7.38. The van der Waals surface area contributed by atoms with Crippen molar-refractivity contribution in [1.29, 1.82) is 0 Å². The van der Waals surface area contributed by atoms with E-state index in [4.69, 9.17) is 21.1 Å². The molecule has 0 fully saturated rings. The Bertz CT molecular complexity index is 1070. The SMILES string of the molecule is C=CC(=O)Cc1cc2c(Nc3ccc(F)c(Cl)c3)ccnc2cc1OCCOCC. The molecule has 1 N–H and O–H groups in total. The standard InChI is InChI=1S/C23H22ClFN2O3/c1-3-17(28)11-15-12-18-21(27-16-5-6-20(25)19(24)13-16)7-8-26-22(18)14-23(15)30-10-9-29-4-2/h3,5-8,12-14H,1,4,9-11H2,2H3,(H,26,27). The van der Waals surface area contributed by atoms with Gasteiger partial charge in [-0.15, -0.1) is 0 Å². The fourth-order valence-corrected chi connectivity index (χ4v) is 3.12. The highest BCUT2D eigenvalue weighted by molar-refractivity contribution is 6.31. The molecule has 30 heavy (non-hydrogen) atoms. The van der Waals surface area contributed by atoms with Crippen molar-refractivity contribution in [3.05, 3.63) is 71.7 Å². The van der Waals surface area contributed by atoms with Crippen LogP contribution in [-0.2, 0) is 16.0 Å². The minimum Gasteiger partial charge on any atom is -0.491 e. The van der Waals surface area contributed by atoms with E-state index in [1.165, 1.54) is 18.2 Å². The number of hydrogen-bond donors (Lipinski definition) is 1. The van der Waals surface area contributed by atoms with Crippen LogP contribution < -0.4 is 10.1 Å². The highest BCUT2D eigenvalue weighted by Gasteiger charge is 2.13. The first-order valence-electron chi connectivity index (χ1n) is 9.51. The number of carbonyl (C=O) groups is 1. The monoisotopic (exact) mass is 428 g/mol. The number of aromatic nitrogens is 1. The number of pyridine rings is 1. The van der Waals surface area contributed by atoms with Crippen LogP contribution in [0, 0.1) is 5.82 Å². The van der Waals surface area contributed by atoms with E-state index in [9.17, 15) is 9.18 Å². The van der Waals surface area contributed by atoms with E-state index >= 15 is 0 Å². The summed E-state index contributed by atoms with van der Waals surface area (Å²) in [6, 6.07) is 9.88. The molecule has 0 radical (unpaired) electrons. The molecule has 0 saturated carbocycles. The minimum atomic E-state index is -0.485. The van der Waals surface area contributed by atoms with Crippen molar-refractivity contribution in [3.8, 4) is 5.75 Å². The molecule has 0 bridgehead atoms. The average Bonchev–Trinajstić information content (AvgIpc) is 2.74. The lowest BCUT2D eigenvalue weighted by Gasteiger charge is -2.15. The van der Waals surface area contributed by atoms with Crippen molar-refractivity contribution in [3.63, 3.8) is 0 Å². The zero-order valence-corrected chi connectivity index (χ0v) is 17.3. The molecule has 5 nitrogen and oxygen atoms in total. The zero-order valence-electron chi connectivity index (χ0n) is 16.6. The van der Waals surface area contributed by atoms with Crippen LogP contribution in [0.2, 0.25) is 5.02 Å². The topological polar surface area (TPSA) is 60.5 Å². The molecule has 7 heteroatoms. The smallest absolute Gasteiger partial charge is 0.159 e. The van der Waals surface area contributed by atoms with Crippen LogP contribution in [0.4, 0.5) is 15.8 Å². The summed E-state index contributed by atoms with van der Waals surface area (Å²) in [6.45, 7) is 6.87. The van der Waals surface area contributed by atoms with E-state index in [1.54, 1.807) is 24.4 Å². The Labute approximate surface area is 179 Å². The third-order valence-electron chi connectivity index (χ3n) is 4.40. The number of carbonyl (C=O) groups excluding carboxylic acids is 1. The first kappa shape index (κ1) is 21.7. The molecule has 156 valence electrons. The highest BCUT2D eigenvalue weighted by Crippen LogP contribution is 2.32. The van der Waals surface area contributed by atoms with Crippen molar-refractivity contribution in [2.45, 2.75) is 13.3 Å². The van der Waals surface area contributed by atoms with Crippen LogP contribution in [0.15, 0.2) is 55.3 Å². The number of anilines is 2. The molecule has 3 rings (SSSR count). The number of benzene rings is 2. The quantitative estimate of drug-likeness (QED) is 0.342. The Morgan fingerprint density at radius 3 is 2.83 bits per heavy atom. The third kappa shape index (κ3) is 5.34. The van der Waals surface area contributed by atoms with Gasteiger partial charge in [0, 0.05) is 47.6 Å². The maximum Gasteiger partial charge on any atom is 0.159 e. The molecule has 3 aromatic rings. The van der Waals surface area contributed by atoms with Gasteiger partial charge in [0.2, 0.25) is 0 Å². The lowest BCUT2D eigenvalue weighted by molar-refractivity contribution is -0.114. The number of fused-ring (bicyclic) bond motifs is 1. The second-order valence-electron chi connectivity index (χ2n) is 6.48. The van der Waals surface area contributed by atoms with Gasteiger partial charge in [0.25, 0.3) is 0 Å². The van der Waals surface area contributed by atoms with Crippen LogP contribution in [0.25, 0.3) is 10.9 Å². The van der Waals surface area contributed by atoms with Gasteiger partial charge in [-0.3, -0.25) is 9.78 Å². The Hall–Kier alpha value is -2.96. The van der Waals surface area contributed by atoms with Gasteiger partial charge in [0.05, 0.1) is 17.1 Å². The molecular formula is C23H22ClFN2O3. The molecule has 0 amide bonds. The lowest BCUT2D eigenvalue weighted by Crippen LogP contribution is -2.09. The molecular weight excluding hydrogens is 407 g/mol. The van der Waals surface area contributed by atoms with E-state index in [1.807, 2.05) is 13.0 Å². The van der Waals surface area contributed by atoms with Crippen molar-refractivity contribution < 1.29 is 18.7 Å². The Morgan fingerprint density at radius 2 is 2.10 bits per heavy atom. The van der Waals surface area contributed by atoms with Gasteiger partial charge in [0.1, 0.15) is 18.2 Å². The molecule has 0 saturated heterocycles. The van der Waals surface area contributed by atoms with Crippen molar-refractivity contribution in [2.24, 2.45) is 0 Å². The van der Waals surface area contributed by atoms with Crippen LogP contribution in [0.5, 0.6) is 5.75 Å². The van der Waals surface area contributed by atoms with Gasteiger partial charge in [-0.1, -0.05) is 18.2 Å². The van der Waals surface area contributed by atoms with Crippen molar-refractivity contribution >= 4 is 39.7 Å². The minimum absolute atomic E-state index is 0.0283. The van der Waals surface area contributed by atoms with Gasteiger partial charge < -0.3 is 14.8 Å². The number of rotatable bonds is 10. The summed E-state index contributed by atoms with van der Waals surface area (Å²) in [5, 5.41) is 4.05. The summed E-state index contributed by atoms with van der Waals surface area (Å²) >= 11 is 5.89. The molecule has 0 unspecified atom stereocenters. The molecule has 1 aromatic heterocycles. The molecule has 0 spiro atoms.